The molecule has 2 fully saturated rings. The van der Waals surface area contributed by atoms with Crippen molar-refractivity contribution in [3.8, 4) is 0 Å². The lowest BCUT2D eigenvalue weighted by Gasteiger charge is -2.11. The average Bonchev–Trinajstić information content (AvgIpc) is 2.47. The minimum absolute atomic E-state index is 0.0243. The maximum absolute atomic E-state index is 11.5. The number of hydrogen-bond donors (Lipinski definition) is 0. The Kier molecular flexibility index (Phi) is 1.71. The lowest BCUT2D eigenvalue weighted by molar-refractivity contribution is -0.145. The summed E-state index contributed by atoms with van der Waals surface area (Å²) >= 11 is 0. The molecule has 2 aliphatic carbocycles. The quantitative estimate of drug-likeness (QED) is 0.608. The van der Waals surface area contributed by atoms with E-state index < -0.39 is 0 Å². The summed E-state index contributed by atoms with van der Waals surface area (Å²) in [5.74, 6) is -0.132. The summed E-state index contributed by atoms with van der Waals surface area (Å²) in [4.78, 5) is 11.5. The smallest absolute Gasteiger partial charge is 0.312 e. The van der Waals surface area contributed by atoms with Crippen molar-refractivity contribution in [2.24, 2.45) is 11.3 Å². The molecule has 2 aliphatic rings. The standard InChI is InChI=1S/C10H16O3/c1-9-5-4-6-10(9,13-3)7(9)8(11)12-2/h7H,4-6H2,1-3H3/t7?,9-,10-/m1/s1. The first-order chi connectivity index (χ1) is 6.12. The third-order valence-electron chi connectivity index (χ3n) is 4.03. The van der Waals surface area contributed by atoms with Gasteiger partial charge in [0.05, 0.1) is 18.6 Å². The molecule has 2 saturated carbocycles. The highest BCUT2D eigenvalue weighted by Crippen LogP contribution is 2.73. The zero-order valence-corrected chi connectivity index (χ0v) is 8.42. The van der Waals surface area contributed by atoms with Crippen LogP contribution in [0.2, 0.25) is 0 Å². The van der Waals surface area contributed by atoms with E-state index in [0.29, 0.717) is 0 Å². The van der Waals surface area contributed by atoms with Crippen molar-refractivity contribution in [1.29, 1.82) is 0 Å². The summed E-state index contributed by atoms with van der Waals surface area (Å²) in [6.45, 7) is 2.13. The SMILES string of the molecule is COC(=O)C1[C@@]2(C)CCC[C@@]12OC. The van der Waals surface area contributed by atoms with E-state index in [1.807, 2.05) is 0 Å². The van der Waals surface area contributed by atoms with E-state index in [1.54, 1.807) is 7.11 Å². The molecule has 0 saturated heterocycles. The van der Waals surface area contributed by atoms with Gasteiger partial charge in [-0.2, -0.15) is 0 Å². The highest BCUT2D eigenvalue weighted by molar-refractivity contribution is 5.80. The molecule has 0 amide bonds. The highest BCUT2D eigenvalue weighted by atomic mass is 16.5. The van der Waals surface area contributed by atoms with E-state index in [2.05, 4.69) is 6.92 Å². The average molecular weight is 184 g/mol. The Balaban J connectivity index is 2.22. The highest BCUT2D eigenvalue weighted by Gasteiger charge is 2.80. The van der Waals surface area contributed by atoms with Gasteiger partial charge >= 0.3 is 5.97 Å². The number of hydrogen-bond acceptors (Lipinski definition) is 3. The summed E-state index contributed by atoms with van der Waals surface area (Å²) in [6.07, 6.45) is 3.25. The van der Waals surface area contributed by atoms with Crippen LogP contribution in [0.1, 0.15) is 26.2 Å². The van der Waals surface area contributed by atoms with Gasteiger partial charge in [0.2, 0.25) is 0 Å². The Morgan fingerprint density at radius 1 is 1.38 bits per heavy atom. The van der Waals surface area contributed by atoms with Gasteiger partial charge in [-0.3, -0.25) is 4.79 Å². The zero-order chi connectivity index (χ0) is 9.69. The predicted molar refractivity (Wildman–Crippen MR) is 47.2 cm³/mol. The van der Waals surface area contributed by atoms with Crippen LogP contribution in [0.4, 0.5) is 0 Å². The minimum Gasteiger partial charge on any atom is -0.469 e. The van der Waals surface area contributed by atoms with E-state index in [-0.39, 0.29) is 22.9 Å². The summed E-state index contributed by atoms with van der Waals surface area (Å²) < 4.78 is 10.3. The third kappa shape index (κ3) is 0.810. The Bertz CT molecular complexity index is 251. The molecule has 0 bridgehead atoms. The van der Waals surface area contributed by atoms with Crippen LogP contribution in [0.5, 0.6) is 0 Å². The van der Waals surface area contributed by atoms with E-state index in [0.717, 1.165) is 19.3 Å². The van der Waals surface area contributed by atoms with Crippen LogP contribution in [0.3, 0.4) is 0 Å². The van der Waals surface area contributed by atoms with Crippen molar-refractivity contribution < 1.29 is 14.3 Å². The maximum Gasteiger partial charge on any atom is 0.312 e. The lowest BCUT2D eigenvalue weighted by Crippen LogP contribution is -2.19. The number of rotatable bonds is 2. The van der Waals surface area contributed by atoms with E-state index in [1.165, 1.54) is 7.11 Å². The second-order valence-electron chi connectivity index (χ2n) is 4.32. The molecule has 74 valence electrons. The summed E-state index contributed by atoms with van der Waals surface area (Å²) in [7, 11) is 3.15. The maximum atomic E-state index is 11.5. The fourth-order valence-corrected chi connectivity index (χ4v) is 3.25. The van der Waals surface area contributed by atoms with Gasteiger partial charge in [0.1, 0.15) is 0 Å². The van der Waals surface area contributed by atoms with Gasteiger partial charge in [-0.1, -0.05) is 6.92 Å². The van der Waals surface area contributed by atoms with Crippen LogP contribution in [-0.2, 0) is 14.3 Å². The van der Waals surface area contributed by atoms with Gasteiger partial charge < -0.3 is 9.47 Å². The number of esters is 1. The fourth-order valence-electron chi connectivity index (χ4n) is 3.25. The first-order valence-corrected chi connectivity index (χ1v) is 4.75. The molecule has 0 radical (unpaired) electrons. The summed E-state index contributed by atoms with van der Waals surface area (Å²) in [5.41, 5.74) is -0.144. The number of carbonyl (C=O) groups excluding carboxylic acids is 1. The number of ether oxygens (including phenoxy) is 2. The van der Waals surface area contributed by atoms with Crippen LogP contribution in [0, 0.1) is 11.3 Å². The Hall–Kier alpha value is -0.570. The van der Waals surface area contributed by atoms with Crippen LogP contribution in [0.15, 0.2) is 0 Å². The molecule has 3 atom stereocenters. The molecule has 0 aromatic carbocycles. The second kappa shape index (κ2) is 2.47. The van der Waals surface area contributed by atoms with Crippen molar-refractivity contribution in [3.05, 3.63) is 0 Å². The zero-order valence-electron chi connectivity index (χ0n) is 8.42. The normalized spacial score (nSPS) is 47.2. The molecule has 0 N–H and O–H groups in total. The van der Waals surface area contributed by atoms with Gasteiger partial charge in [-0.25, -0.2) is 0 Å². The number of carbonyl (C=O) groups is 1. The van der Waals surface area contributed by atoms with Crippen LogP contribution in [-0.4, -0.2) is 25.8 Å². The van der Waals surface area contributed by atoms with Gasteiger partial charge in [-0.15, -0.1) is 0 Å². The van der Waals surface area contributed by atoms with Gasteiger partial charge in [0.15, 0.2) is 0 Å². The van der Waals surface area contributed by atoms with Crippen molar-refractivity contribution >= 4 is 5.97 Å². The van der Waals surface area contributed by atoms with E-state index in [9.17, 15) is 4.79 Å². The monoisotopic (exact) mass is 184 g/mol. The second-order valence-corrected chi connectivity index (χ2v) is 4.32. The Morgan fingerprint density at radius 2 is 2.08 bits per heavy atom. The fraction of sp³-hybridized carbons (Fsp3) is 0.900. The molecule has 0 heterocycles. The van der Waals surface area contributed by atoms with Crippen molar-refractivity contribution in [3.63, 3.8) is 0 Å². The van der Waals surface area contributed by atoms with Crippen molar-refractivity contribution in [2.75, 3.05) is 14.2 Å². The first-order valence-electron chi connectivity index (χ1n) is 4.75. The molecule has 13 heavy (non-hydrogen) atoms. The first kappa shape index (κ1) is 9.00. The molecule has 0 aliphatic heterocycles. The molecular formula is C10H16O3. The van der Waals surface area contributed by atoms with E-state index in [4.69, 9.17) is 9.47 Å². The largest absolute Gasteiger partial charge is 0.469 e. The Labute approximate surface area is 78.4 Å². The van der Waals surface area contributed by atoms with Gasteiger partial charge in [0, 0.05) is 12.5 Å². The number of fused-ring (bicyclic) bond motifs is 1. The topological polar surface area (TPSA) is 35.5 Å². The van der Waals surface area contributed by atoms with Crippen LogP contribution < -0.4 is 0 Å². The van der Waals surface area contributed by atoms with Crippen molar-refractivity contribution in [2.45, 2.75) is 31.8 Å². The van der Waals surface area contributed by atoms with Crippen molar-refractivity contribution in [1.82, 2.24) is 0 Å². The molecule has 3 nitrogen and oxygen atoms in total. The lowest BCUT2D eigenvalue weighted by atomic mass is 10.0. The third-order valence-corrected chi connectivity index (χ3v) is 4.03. The summed E-state index contributed by atoms with van der Waals surface area (Å²) in [6, 6.07) is 0. The predicted octanol–water partition coefficient (Wildman–Crippen LogP) is 1.36. The molecule has 0 aromatic rings. The molecule has 0 spiro atoms. The Morgan fingerprint density at radius 3 is 2.54 bits per heavy atom. The van der Waals surface area contributed by atoms with Crippen LogP contribution >= 0.6 is 0 Å². The van der Waals surface area contributed by atoms with Crippen LogP contribution in [0.25, 0.3) is 0 Å². The van der Waals surface area contributed by atoms with Gasteiger partial charge in [0.25, 0.3) is 0 Å². The molecule has 2 rings (SSSR count). The molecule has 1 unspecified atom stereocenters. The molecule has 0 aromatic heterocycles. The van der Waals surface area contributed by atoms with E-state index >= 15 is 0 Å². The minimum atomic E-state index is -0.194. The summed E-state index contributed by atoms with van der Waals surface area (Å²) in [5, 5.41) is 0. The molecular weight excluding hydrogens is 168 g/mol. The number of methoxy groups -OCH3 is 2. The molecule has 3 heteroatoms. The van der Waals surface area contributed by atoms with Gasteiger partial charge in [-0.05, 0) is 19.3 Å².